The van der Waals surface area contributed by atoms with E-state index in [-0.39, 0.29) is 5.41 Å². The van der Waals surface area contributed by atoms with E-state index in [0.717, 1.165) is 24.7 Å². The molecule has 108 valence electrons. The molecule has 0 bridgehead atoms. The van der Waals surface area contributed by atoms with E-state index in [2.05, 4.69) is 43.2 Å². The van der Waals surface area contributed by atoms with Crippen LogP contribution in [0.2, 0.25) is 0 Å². The van der Waals surface area contributed by atoms with Crippen molar-refractivity contribution in [3.8, 4) is 0 Å². The Balaban J connectivity index is 2.18. The van der Waals surface area contributed by atoms with Crippen molar-refractivity contribution in [1.29, 1.82) is 0 Å². The number of rotatable bonds is 3. The van der Waals surface area contributed by atoms with Crippen molar-refractivity contribution in [2.75, 3.05) is 6.54 Å². The summed E-state index contributed by atoms with van der Waals surface area (Å²) in [7, 11) is 0. The minimum Gasteiger partial charge on any atom is -0.339 e. The zero-order chi connectivity index (χ0) is 13.9. The highest BCUT2D eigenvalue weighted by Gasteiger charge is 2.30. The molecule has 4 heteroatoms. The van der Waals surface area contributed by atoms with Gasteiger partial charge in [-0.1, -0.05) is 52.1 Å². The van der Waals surface area contributed by atoms with Gasteiger partial charge in [0.05, 0.1) is 5.92 Å². The third-order valence-corrected chi connectivity index (χ3v) is 3.91. The minimum atomic E-state index is -0.0415. The summed E-state index contributed by atoms with van der Waals surface area (Å²) in [6, 6.07) is 0.487. The van der Waals surface area contributed by atoms with Crippen LogP contribution in [0.25, 0.3) is 0 Å². The Bertz CT molecular complexity index is 394. The molecular formula is C15H27N3O. The van der Waals surface area contributed by atoms with E-state index in [4.69, 9.17) is 4.52 Å². The van der Waals surface area contributed by atoms with Gasteiger partial charge in [-0.3, -0.25) is 0 Å². The topological polar surface area (TPSA) is 51.0 Å². The van der Waals surface area contributed by atoms with Crippen LogP contribution in [0, 0.1) is 0 Å². The first-order chi connectivity index (χ1) is 9.02. The molecule has 19 heavy (non-hydrogen) atoms. The molecule has 1 fully saturated rings. The quantitative estimate of drug-likeness (QED) is 0.851. The summed E-state index contributed by atoms with van der Waals surface area (Å²) in [5, 5.41) is 7.77. The maximum Gasteiger partial charge on any atom is 0.231 e. The van der Waals surface area contributed by atoms with Gasteiger partial charge >= 0.3 is 0 Å². The summed E-state index contributed by atoms with van der Waals surface area (Å²) in [5.74, 6) is 2.03. The van der Waals surface area contributed by atoms with E-state index in [9.17, 15) is 0 Å². The fourth-order valence-electron chi connectivity index (χ4n) is 2.80. The fraction of sp³-hybridized carbons (Fsp3) is 0.867. The van der Waals surface area contributed by atoms with Crippen molar-refractivity contribution < 1.29 is 4.52 Å². The fourth-order valence-corrected chi connectivity index (χ4v) is 2.80. The highest BCUT2D eigenvalue weighted by Crippen LogP contribution is 2.32. The number of likely N-dealkylation sites (N-methyl/N-ethyl adjacent to an activating group) is 1. The Morgan fingerprint density at radius 2 is 1.95 bits per heavy atom. The van der Waals surface area contributed by atoms with E-state index >= 15 is 0 Å². The lowest BCUT2D eigenvalue weighted by molar-refractivity contribution is 0.302. The number of aromatic nitrogens is 2. The van der Waals surface area contributed by atoms with Crippen molar-refractivity contribution in [1.82, 2.24) is 15.5 Å². The van der Waals surface area contributed by atoms with Crippen LogP contribution in [-0.2, 0) is 5.41 Å². The second-order valence-corrected chi connectivity index (χ2v) is 6.61. The largest absolute Gasteiger partial charge is 0.339 e. The zero-order valence-corrected chi connectivity index (χ0v) is 12.7. The van der Waals surface area contributed by atoms with E-state index in [1.807, 2.05) is 0 Å². The Hall–Kier alpha value is -0.900. The van der Waals surface area contributed by atoms with Crippen LogP contribution in [0.3, 0.4) is 0 Å². The molecule has 1 heterocycles. The maximum atomic E-state index is 5.56. The lowest BCUT2D eigenvalue weighted by atomic mass is 9.93. The Kier molecular flexibility index (Phi) is 4.61. The number of hydrogen-bond acceptors (Lipinski definition) is 4. The standard InChI is InChI=1S/C15H27N3O/c1-5-16-12-10-8-6-7-9-11(12)13-17-14(18-19-13)15(2,3)4/h11-12,16H,5-10H2,1-4H3. The molecule has 1 saturated carbocycles. The van der Waals surface area contributed by atoms with E-state index < -0.39 is 0 Å². The second kappa shape index (κ2) is 6.04. The molecule has 0 aliphatic heterocycles. The molecule has 2 unspecified atom stereocenters. The molecule has 0 saturated heterocycles. The number of nitrogens with zero attached hydrogens (tertiary/aromatic N) is 2. The first-order valence-corrected chi connectivity index (χ1v) is 7.60. The zero-order valence-electron chi connectivity index (χ0n) is 12.7. The number of nitrogens with one attached hydrogen (secondary N) is 1. The molecule has 1 aliphatic rings. The lowest BCUT2D eigenvalue weighted by Crippen LogP contribution is -2.34. The van der Waals surface area contributed by atoms with Gasteiger partial charge in [-0.05, 0) is 19.4 Å². The average molecular weight is 265 g/mol. The summed E-state index contributed by atoms with van der Waals surface area (Å²) in [6.07, 6.45) is 6.25. The molecule has 4 nitrogen and oxygen atoms in total. The normalized spacial score (nSPS) is 25.3. The van der Waals surface area contributed by atoms with Crippen LogP contribution in [0.15, 0.2) is 4.52 Å². The average Bonchev–Trinajstić information content (AvgIpc) is 2.72. The molecule has 1 aromatic heterocycles. The highest BCUT2D eigenvalue weighted by atomic mass is 16.5. The molecule has 2 rings (SSSR count). The molecule has 1 N–H and O–H groups in total. The van der Waals surface area contributed by atoms with Crippen LogP contribution in [0.1, 0.15) is 77.4 Å². The van der Waals surface area contributed by atoms with Crippen molar-refractivity contribution in [2.45, 2.75) is 77.2 Å². The van der Waals surface area contributed by atoms with Gasteiger partial charge in [0.15, 0.2) is 5.82 Å². The summed E-state index contributed by atoms with van der Waals surface area (Å²) >= 11 is 0. The summed E-state index contributed by atoms with van der Waals surface area (Å²) < 4.78 is 5.56. The summed E-state index contributed by atoms with van der Waals surface area (Å²) in [5.41, 5.74) is -0.0415. The van der Waals surface area contributed by atoms with Crippen LogP contribution < -0.4 is 5.32 Å². The molecule has 0 spiro atoms. The van der Waals surface area contributed by atoms with E-state index in [1.165, 1.54) is 25.7 Å². The van der Waals surface area contributed by atoms with Gasteiger partial charge in [0.1, 0.15) is 0 Å². The molecule has 0 amide bonds. The third kappa shape index (κ3) is 3.56. The van der Waals surface area contributed by atoms with Gasteiger partial charge in [-0.25, -0.2) is 0 Å². The van der Waals surface area contributed by atoms with Gasteiger partial charge in [-0.15, -0.1) is 0 Å². The van der Waals surface area contributed by atoms with Crippen molar-refractivity contribution in [3.63, 3.8) is 0 Å². The van der Waals surface area contributed by atoms with Crippen LogP contribution >= 0.6 is 0 Å². The van der Waals surface area contributed by atoms with Crippen molar-refractivity contribution in [3.05, 3.63) is 11.7 Å². The van der Waals surface area contributed by atoms with Gasteiger partial charge < -0.3 is 9.84 Å². The van der Waals surface area contributed by atoms with Gasteiger partial charge in [-0.2, -0.15) is 4.98 Å². The van der Waals surface area contributed by atoms with Crippen LogP contribution in [0.4, 0.5) is 0 Å². The SMILES string of the molecule is CCNC1CCCCCC1c1nc(C(C)(C)C)no1. The molecule has 2 atom stereocenters. The Morgan fingerprint density at radius 1 is 1.21 bits per heavy atom. The van der Waals surface area contributed by atoms with Gasteiger partial charge in [0.2, 0.25) is 5.89 Å². The lowest BCUT2D eigenvalue weighted by Gasteiger charge is -2.22. The van der Waals surface area contributed by atoms with Crippen LogP contribution in [0.5, 0.6) is 0 Å². The smallest absolute Gasteiger partial charge is 0.231 e. The predicted molar refractivity (Wildman–Crippen MR) is 76.3 cm³/mol. The first kappa shape index (κ1) is 14.5. The predicted octanol–water partition coefficient (Wildman–Crippen LogP) is 3.39. The highest BCUT2D eigenvalue weighted by molar-refractivity contribution is 5.05. The Labute approximate surface area is 116 Å². The van der Waals surface area contributed by atoms with Crippen molar-refractivity contribution >= 4 is 0 Å². The van der Waals surface area contributed by atoms with Crippen LogP contribution in [-0.4, -0.2) is 22.7 Å². The second-order valence-electron chi connectivity index (χ2n) is 6.61. The molecule has 1 aromatic rings. The minimum absolute atomic E-state index is 0.0415. The summed E-state index contributed by atoms with van der Waals surface area (Å²) in [6.45, 7) is 9.53. The molecule has 0 radical (unpaired) electrons. The molecular weight excluding hydrogens is 238 g/mol. The third-order valence-electron chi connectivity index (χ3n) is 3.91. The first-order valence-electron chi connectivity index (χ1n) is 7.60. The molecule has 0 aromatic carbocycles. The van der Waals surface area contributed by atoms with E-state index in [0.29, 0.717) is 12.0 Å². The maximum absolute atomic E-state index is 5.56. The monoisotopic (exact) mass is 265 g/mol. The Morgan fingerprint density at radius 3 is 2.58 bits per heavy atom. The summed E-state index contributed by atoms with van der Waals surface area (Å²) in [4.78, 5) is 4.66. The van der Waals surface area contributed by atoms with Gasteiger partial charge in [0.25, 0.3) is 0 Å². The molecule has 1 aliphatic carbocycles. The van der Waals surface area contributed by atoms with E-state index in [1.54, 1.807) is 0 Å². The van der Waals surface area contributed by atoms with Gasteiger partial charge in [0, 0.05) is 11.5 Å². The van der Waals surface area contributed by atoms with Crippen molar-refractivity contribution in [2.24, 2.45) is 0 Å². The number of hydrogen-bond donors (Lipinski definition) is 1.